The van der Waals surface area contributed by atoms with Crippen molar-refractivity contribution in [2.45, 2.75) is 43.8 Å². The number of benzene rings is 4. The van der Waals surface area contributed by atoms with Crippen molar-refractivity contribution in [1.29, 1.82) is 0 Å². The Kier molecular flexibility index (Phi) is 12.3. The van der Waals surface area contributed by atoms with Gasteiger partial charge in [-0.2, -0.15) is 0 Å². The summed E-state index contributed by atoms with van der Waals surface area (Å²) in [6, 6.07) is 29.8. The minimum atomic E-state index is -0.412. The first-order valence-electron chi connectivity index (χ1n) is 22.5. The van der Waals surface area contributed by atoms with Gasteiger partial charge < -0.3 is 26.6 Å². The Hall–Kier alpha value is -7.68. The fraction of sp³-hybridized carbons (Fsp3) is 0.208. The zero-order valence-corrected chi connectivity index (χ0v) is 36.8. The van der Waals surface area contributed by atoms with Crippen molar-refractivity contribution >= 4 is 56.4 Å². The average Bonchev–Trinajstić information content (AvgIpc) is 3.35. The summed E-state index contributed by atoms with van der Waals surface area (Å²) in [5.41, 5.74) is 7.53. The summed E-state index contributed by atoms with van der Waals surface area (Å²) in [7, 11) is 2.16. The predicted molar refractivity (Wildman–Crippen MR) is 260 cm³/mol. The Morgan fingerprint density at radius 1 is 0.582 bits per heavy atom. The molecule has 0 saturated carbocycles. The van der Waals surface area contributed by atoms with E-state index in [1.54, 1.807) is 6.20 Å². The maximum absolute atomic E-state index is 13.6. The van der Waals surface area contributed by atoms with Gasteiger partial charge in [0.15, 0.2) is 0 Å². The molecule has 14 heteroatoms. The van der Waals surface area contributed by atoms with Crippen molar-refractivity contribution in [2.75, 3.05) is 47.9 Å². The lowest BCUT2D eigenvalue weighted by atomic mass is 9.87. The lowest BCUT2D eigenvalue weighted by Gasteiger charge is -2.38. The highest BCUT2D eigenvalue weighted by molar-refractivity contribution is 6.05. The molecule has 2 saturated heterocycles. The van der Waals surface area contributed by atoms with Crippen molar-refractivity contribution < 1.29 is 18.4 Å². The van der Waals surface area contributed by atoms with Gasteiger partial charge in [-0.3, -0.25) is 24.5 Å². The third-order valence-corrected chi connectivity index (χ3v) is 12.7. The summed E-state index contributed by atoms with van der Waals surface area (Å²) in [6.45, 7) is 2.81. The highest BCUT2D eigenvalue weighted by Gasteiger charge is 2.30. The summed E-state index contributed by atoms with van der Waals surface area (Å²) >= 11 is 0. The van der Waals surface area contributed by atoms with Crippen molar-refractivity contribution in [3.8, 4) is 22.3 Å². The molecule has 2 amide bonds. The number of pyridine rings is 4. The molecule has 4 aromatic heterocycles. The minimum absolute atomic E-state index is 0.0159. The molecule has 10 rings (SSSR count). The van der Waals surface area contributed by atoms with E-state index in [9.17, 15) is 18.4 Å². The molecular weight excluding hydrogens is 847 g/mol. The molecule has 0 bridgehead atoms. The molecule has 12 nitrogen and oxygen atoms in total. The van der Waals surface area contributed by atoms with Gasteiger partial charge in [-0.1, -0.05) is 12.1 Å². The summed E-state index contributed by atoms with van der Waals surface area (Å²) in [4.78, 5) is 46.9. The first-order chi connectivity index (χ1) is 32.7. The van der Waals surface area contributed by atoms with Gasteiger partial charge in [0.2, 0.25) is 0 Å². The first-order valence-corrected chi connectivity index (χ1v) is 22.5. The van der Waals surface area contributed by atoms with Crippen LogP contribution in [0.25, 0.3) is 43.8 Å². The van der Waals surface area contributed by atoms with Crippen LogP contribution in [0.3, 0.4) is 0 Å². The fourth-order valence-corrected chi connectivity index (χ4v) is 9.13. The van der Waals surface area contributed by atoms with Gasteiger partial charge in [0.1, 0.15) is 23.3 Å². The normalized spacial score (nSPS) is 16.7. The van der Waals surface area contributed by atoms with E-state index in [2.05, 4.69) is 83.8 Å². The predicted octanol–water partition coefficient (Wildman–Crippen LogP) is 10.1. The van der Waals surface area contributed by atoms with Crippen LogP contribution in [-0.4, -0.2) is 75.4 Å². The first kappa shape index (κ1) is 43.2. The van der Waals surface area contributed by atoms with Gasteiger partial charge in [-0.25, -0.2) is 18.7 Å². The second kappa shape index (κ2) is 19.0. The van der Waals surface area contributed by atoms with Crippen LogP contribution in [0.2, 0.25) is 0 Å². The molecule has 2 unspecified atom stereocenters. The maximum atomic E-state index is 13.6. The van der Waals surface area contributed by atoms with Gasteiger partial charge in [0, 0.05) is 94.9 Å². The van der Waals surface area contributed by atoms with Crippen LogP contribution in [0.4, 0.5) is 31.8 Å². The lowest BCUT2D eigenvalue weighted by molar-refractivity contribution is 0.101. The number of fused-ring (bicyclic) bond motifs is 2. The number of nitrogens with zero attached hydrogens (tertiary/aromatic N) is 5. The van der Waals surface area contributed by atoms with E-state index in [0.29, 0.717) is 28.8 Å². The van der Waals surface area contributed by atoms with E-state index in [0.717, 1.165) is 106 Å². The van der Waals surface area contributed by atoms with Crippen molar-refractivity contribution in [3.05, 3.63) is 169 Å². The second-order valence-corrected chi connectivity index (χ2v) is 17.4. The quantitative estimate of drug-likeness (QED) is 0.0850. The SMILES string of the molecule is CN1CCC(Nc2cncc(-c3ccc4cnc(NC(=O)c5ccc(F)cc5)cc4c3)c2)CC1c1cc(-c2cncc(NC3CCNCC3)c2)cc2cc(NC(=O)c3ccc(F)cc3)ncc12. The summed E-state index contributed by atoms with van der Waals surface area (Å²) in [5.74, 6) is -0.784. The number of amides is 2. The van der Waals surface area contributed by atoms with Crippen molar-refractivity contribution in [3.63, 3.8) is 0 Å². The average molecular weight is 895 g/mol. The van der Waals surface area contributed by atoms with Gasteiger partial charge in [0.05, 0.1) is 11.4 Å². The van der Waals surface area contributed by atoms with Crippen LogP contribution in [0.1, 0.15) is 58.0 Å². The number of hydrogen-bond donors (Lipinski definition) is 5. The molecule has 336 valence electrons. The van der Waals surface area contributed by atoms with Gasteiger partial charge in [-0.05, 0) is 164 Å². The zero-order valence-electron chi connectivity index (χ0n) is 36.8. The van der Waals surface area contributed by atoms with E-state index >= 15 is 0 Å². The monoisotopic (exact) mass is 894 g/mol. The molecule has 2 atom stereocenters. The minimum Gasteiger partial charge on any atom is -0.381 e. The Bertz CT molecular complexity index is 3110. The number of hydrogen-bond acceptors (Lipinski definition) is 10. The number of rotatable bonds is 11. The van der Waals surface area contributed by atoms with E-state index < -0.39 is 11.6 Å². The zero-order chi connectivity index (χ0) is 45.9. The Labute approximate surface area is 386 Å². The fourth-order valence-electron chi connectivity index (χ4n) is 9.13. The second-order valence-electron chi connectivity index (χ2n) is 17.4. The molecule has 67 heavy (non-hydrogen) atoms. The molecule has 0 aliphatic carbocycles. The molecule has 2 aliphatic heterocycles. The number of carbonyl (C=O) groups excluding carboxylic acids is 2. The van der Waals surface area contributed by atoms with E-state index in [-0.39, 0.29) is 23.9 Å². The van der Waals surface area contributed by atoms with Crippen molar-refractivity contribution in [2.24, 2.45) is 0 Å². The molecule has 0 radical (unpaired) electrons. The standard InChI is InChI=1S/C53H48F2N10O2/c1-65-17-14-44(62-46-20-39(26-57-30-46)34-2-3-35-28-59-50(23-37(35)18-34)63-52(66)32-4-8-41(54)9-5-32)25-49(65)47-22-36(40-21-45(29-58-27-40)61-43-12-15-56-16-13-43)19-38-24-51(60-31-48(38)47)64-53(67)33-6-10-42(55)11-7-33/h2-11,18-24,26-31,43-44,49,56,61-62H,12-17,25H2,1H3,(H,59,63,66)(H,60,64,67). The highest BCUT2D eigenvalue weighted by Crippen LogP contribution is 2.39. The summed E-state index contributed by atoms with van der Waals surface area (Å²) in [5, 5.41) is 20.4. The van der Waals surface area contributed by atoms with Gasteiger partial charge in [0.25, 0.3) is 11.8 Å². The molecule has 2 aliphatic rings. The smallest absolute Gasteiger partial charge is 0.256 e. The molecule has 5 N–H and O–H groups in total. The van der Waals surface area contributed by atoms with Gasteiger partial charge in [-0.15, -0.1) is 0 Å². The van der Waals surface area contributed by atoms with Gasteiger partial charge >= 0.3 is 0 Å². The maximum Gasteiger partial charge on any atom is 0.256 e. The van der Waals surface area contributed by atoms with Crippen LogP contribution in [-0.2, 0) is 0 Å². The summed E-state index contributed by atoms with van der Waals surface area (Å²) < 4.78 is 27.1. The van der Waals surface area contributed by atoms with E-state index in [1.807, 2.05) is 55.2 Å². The molecule has 4 aromatic carbocycles. The Morgan fingerprint density at radius 2 is 1.16 bits per heavy atom. The lowest BCUT2D eigenvalue weighted by Crippen LogP contribution is -2.39. The third-order valence-electron chi connectivity index (χ3n) is 12.7. The number of aromatic nitrogens is 4. The summed E-state index contributed by atoms with van der Waals surface area (Å²) in [6.07, 6.45) is 14.8. The number of anilines is 4. The number of carbonyl (C=O) groups is 2. The Morgan fingerprint density at radius 3 is 1.82 bits per heavy atom. The highest BCUT2D eigenvalue weighted by atomic mass is 19.1. The molecule has 0 spiro atoms. The molecule has 8 aromatic rings. The number of nitrogens with one attached hydrogen (secondary N) is 5. The molecule has 6 heterocycles. The van der Waals surface area contributed by atoms with Crippen LogP contribution in [0.15, 0.2) is 140 Å². The van der Waals surface area contributed by atoms with E-state index in [4.69, 9.17) is 4.98 Å². The molecule has 2 fully saturated rings. The van der Waals surface area contributed by atoms with Crippen molar-refractivity contribution in [1.82, 2.24) is 30.2 Å². The topological polar surface area (TPSA) is 149 Å². The Balaban J connectivity index is 0.915. The number of likely N-dealkylation sites (tertiary alicyclic amines) is 1. The number of halogens is 2. The number of piperidine rings is 2. The van der Waals surface area contributed by atoms with Crippen LogP contribution in [0, 0.1) is 11.6 Å². The molecular formula is C53H48F2N10O2. The third kappa shape index (κ3) is 9.95. The van der Waals surface area contributed by atoms with Crippen LogP contribution in [0.5, 0.6) is 0 Å². The largest absolute Gasteiger partial charge is 0.381 e. The van der Waals surface area contributed by atoms with Crippen LogP contribution < -0.4 is 26.6 Å². The van der Waals surface area contributed by atoms with Crippen LogP contribution >= 0.6 is 0 Å². The van der Waals surface area contributed by atoms with E-state index in [1.165, 1.54) is 48.5 Å².